The van der Waals surface area contributed by atoms with Gasteiger partial charge >= 0.3 is 12.1 Å². The van der Waals surface area contributed by atoms with E-state index in [2.05, 4.69) is 22.8 Å². The molecule has 0 bridgehead atoms. The normalized spacial score (nSPS) is 14.5. The lowest BCUT2D eigenvalue weighted by atomic mass is 9.94. The minimum absolute atomic E-state index is 0.00572. The Morgan fingerprint density at radius 3 is 2.00 bits per heavy atom. The van der Waals surface area contributed by atoms with Gasteiger partial charge in [0.15, 0.2) is 6.04 Å². The molecule has 0 aromatic heterocycles. The van der Waals surface area contributed by atoms with Gasteiger partial charge in [-0.3, -0.25) is 4.79 Å². The summed E-state index contributed by atoms with van der Waals surface area (Å²) in [4.78, 5) is 37.7. The van der Waals surface area contributed by atoms with Gasteiger partial charge in [0.2, 0.25) is 5.91 Å². The number of carboxylic acids is 1. The van der Waals surface area contributed by atoms with Crippen molar-refractivity contribution >= 4 is 18.0 Å². The summed E-state index contributed by atoms with van der Waals surface area (Å²) in [5.74, 6) is -2.57. The number of alkyl carbamates (subject to hydrolysis) is 1. The average Bonchev–Trinajstić information content (AvgIpc) is 3.27. The molecule has 210 valence electrons. The molecule has 1 unspecified atom stereocenters. The highest BCUT2D eigenvalue weighted by Crippen LogP contribution is 2.44. The number of carbonyl (C=O) groups is 3. The molecular formula is C32H36N2O6. The summed E-state index contributed by atoms with van der Waals surface area (Å²) in [6.07, 6.45) is -1.40. The van der Waals surface area contributed by atoms with Crippen LogP contribution in [0.15, 0.2) is 78.9 Å². The van der Waals surface area contributed by atoms with Gasteiger partial charge in [0.05, 0.1) is 18.6 Å². The van der Waals surface area contributed by atoms with E-state index in [1.807, 2.05) is 80.6 Å². The van der Waals surface area contributed by atoms with Gasteiger partial charge in [-0.1, -0.05) is 92.7 Å². The highest BCUT2D eigenvalue weighted by atomic mass is 16.5. The number of nitrogens with one attached hydrogen (secondary N) is 2. The molecule has 1 aliphatic carbocycles. The first-order chi connectivity index (χ1) is 19.3. The van der Waals surface area contributed by atoms with Crippen LogP contribution in [0.4, 0.5) is 4.79 Å². The summed E-state index contributed by atoms with van der Waals surface area (Å²) in [5, 5.41) is 15.1. The van der Waals surface area contributed by atoms with Crippen LogP contribution in [0.25, 0.3) is 11.1 Å². The van der Waals surface area contributed by atoms with Crippen molar-refractivity contribution in [3.8, 4) is 11.1 Å². The van der Waals surface area contributed by atoms with Gasteiger partial charge in [0, 0.05) is 12.5 Å². The molecule has 8 heteroatoms. The van der Waals surface area contributed by atoms with Gasteiger partial charge < -0.3 is 25.2 Å². The Hall–Kier alpha value is -4.17. The zero-order chi connectivity index (χ0) is 28.6. The second-order valence-electron chi connectivity index (χ2n) is 10.4. The number of aliphatic carboxylic acids is 1. The summed E-state index contributed by atoms with van der Waals surface area (Å²) >= 11 is 0. The monoisotopic (exact) mass is 544 g/mol. The first-order valence-corrected chi connectivity index (χ1v) is 13.5. The molecule has 0 radical (unpaired) electrons. The number of hydrogen-bond acceptors (Lipinski definition) is 5. The molecule has 0 heterocycles. The van der Waals surface area contributed by atoms with E-state index in [0.717, 1.165) is 27.8 Å². The maximum absolute atomic E-state index is 13.1. The van der Waals surface area contributed by atoms with E-state index >= 15 is 0 Å². The summed E-state index contributed by atoms with van der Waals surface area (Å²) in [6.45, 7) is 5.69. The van der Waals surface area contributed by atoms with Crippen molar-refractivity contribution < 1.29 is 29.0 Å². The van der Waals surface area contributed by atoms with Crippen molar-refractivity contribution in [3.05, 3.63) is 95.6 Å². The molecule has 1 aliphatic rings. The molecule has 3 aromatic rings. The lowest BCUT2D eigenvalue weighted by Gasteiger charge is -2.26. The second-order valence-corrected chi connectivity index (χ2v) is 10.4. The van der Waals surface area contributed by atoms with Crippen LogP contribution in [-0.2, 0) is 25.7 Å². The highest BCUT2D eigenvalue weighted by molar-refractivity contribution is 5.86. The van der Waals surface area contributed by atoms with Gasteiger partial charge in [-0.25, -0.2) is 9.59 Å². The fraction of sp³-hybridized carbons (Fsp3) is 0.344. The number of carbonyl (C=O) groups excluding carboxylic acids is 2. The minimum Gasteiger partial charge on any atom is -0.480 e. The Kier molecular flexibility index (Phi) is 9.56. The summed E-state index contributed by atoms with van der Waals surface area (Å²) in [5.41, 5.74) is 5.40. The van der Waals surface area contributed by atoms with Gasteiger partial charge in [0.1, 0.15) is 6.61 Å². The Morgan fingerprint density at radius 2 is 1.43 bits per heavy atom. The van der Waals surface area contributed by atoms with Gasteiger partial charge in [-0.2, -0.15) is 0 Å². The van der Waals surface area contributed by atoms with Crippen LogP contribution in [0.3, 0.4) is 0 Å². The van der Waals surface area contributed by atoms with Gasteiger partial charge in [0.25, 0.3) is 0 Å². The Bertz CT molecular complexity index is 1280. The zero-order valence-electron chi connectivity index (χ0n) is 23.0. The summed E-state index contributed by atoms with van der Waals surface area (Å²) in [6, 6.07) is 24.3. The molecule has 0 spiro atoms. The molecule has 0 fully saturated rings. The van der Waals surface area contributed by atoms with Crippen molar-refractivity contribution in [2.75, 3.05) is 13.2 Å². The van der Waals surface area contributed by atoms with Crippen molar-refractivity contribution in [3.63, 3.8) is 0 Å². The van der Waals surface area contributed by atoms with Crippen LogP contribution < -0.4 is 10.6 Å². The maximum atomic E-state index is 13.1. The van der Waals surface area contributed by atoms with Crippen LogP contribution in [0, 0.1) is 11.8 Å². The number of ether oxygens (including phenoxy) is 2. The molecule has 3 aromatic carbocycles. The Labute approximate surface area is 234 Å². The molecule has 0 saturated heterocycles. The SMILES string of the molecule is CC(C)C(CNC(=O)OCC1c2ccccc2-c2ccccc21)C(=O)N[C@H](C(=O)O)[C@@H](C)OCc1ccccc1. The molecule has 4 rings (SSSR count). The molecule has 0 aliphatic heterocycles. The smallest absolute Gasteiger partial charge is 0.407 e. The minimum atomic E-state index is -1.24. The first-order valence-electron chi connectivity index (χ1n) is 13.5. The molecule has 0 saturated carbocycles. The Balaban J connectivity index is 1.31. The van der Waals surface area contributed by atoms with Crippen molar-refractivity contribution in [2.24, 2.45) is 11.8 Å². The fourth-order valence-corrected chi connectivity index (χ4v) is 5.01. The average molecular weight is 545 g/mol. The third-order valence-electron chi connectivity index (χ3n) is 7.34. The standard InChI is InChI=1S/C32H36N2O6/c1-20(2)27(30(35)34-29(31(36)37)21(3)39-18-22-11-5-4-6-12-22)17-33-32(38)40-19-28-25-15-9-7-13-23(25)24-14-8-10-16-26(24)28/h4-16,20-21,27-29H,17-19H2,1-3H3,(H,33,38)(H,34,35)(H,36,37)/t21-,27?,29+/m1/s1. The van der Waals surface area contributed by atoms with E-state index in [9.17, 15) is 19.5 Å². The van der Waals surface area contributed by atoms with Crippen LogP contribution in [0.2, 0.25) is 0 Å². The molecule has 8 nitrogen and oxygen atoms in total. The van der Waals surface area contributed by atoms with Crippen LogP contribution in [0.1, 0.15) is 43.4 Å². The molecular weight excluding hydrogens is 508 g/mol. The van der Waals surface area contributed by atoms with E-state index in [1.54, 1.807) is 6.92 Å². The number of amides is 2. The van der Waals surface area contributed by atoms with Gasteiger partial charge in [-0.15, -0.1) is 0 Å². The number of fused-ring (bicyclic) bond motifs is 3. The van der Waals surface area contributed by atoms with Crippen LogP contribution in [0.5, 0.6) is 0 Å². The predicted molar refractivity (Wildman–Crippen MR) is 152 cm³/mol. The fourth-order valence-electron chi connectivity index (χ4n) is 5.01. The summed E-state index contributed by atoms with van der Waals surface area (Å²) in [7, 11) is 0. The van der Waals surface area contributed by atoms with Crippen LogP contribution in [-0.4, -0.2) is 48.4 Å². The van der Waals surface area contributed by atoms with E-state index in [-0.39, 0.29) is 31.6 Å². The summed E-state index contributed by atoms with van der Waals surface area (Å²) < 4.78 is 11.3. The second kappa shape index (κ2) is 13.3. The Morgan fingerprint density at radius 1 is 0.850 bits per heavy atom. The highest BCUT2D eigenvalue weighted by Gasteiger charge is 2.32. The molecule has 3 N–H and O–H groups in total. The number of benzene rings is 3. The largest absolute Gasteiger partial charge is 0.480 e. The number of carboxylic acid groups (broad SMARTS) is 1. The number of rotatable bonds is 12. The number of hydrogen-bond donors (Lipinski definition) is 3. The third kappa shape index (κ3) is 6.87. The molecule has 3 atom stereocenters. The predicted octanol–water partition coefficient (Wildman–Crippen LogP) is 4.97. The maximum Gasteiger partial charge on any atom is 0.407 e. The molecule has 40 heavy (non-hydrogen) atoms. The van der Waals surface area contributed by atoms with E-state index in [4.69, 9.17) is 9.47 Å². The lowest BCUT2D eigenvalue weighted by Crippen LogP contribution is -2.52. The third-order valence-corrected chi connectivity index (χ3v) is 7.34. The van der Waals surface area contributed by atoms with Crippen molar-refractivity contribution in [1.29, 1.82) is 0 Å². The lowest BCUT2D eigenvalue weighted by molar-refractivity contribution is -0.147. The van der Waals surface area contributed by atoms with E-state index in [1.165, 1.54) is 0 Å². The molecule has 2 amide bonds. The van der Waals surface area contributed by atoms with Gasteiger partial charge in [-0.05, 0) is 40.7 Å². The zero-order valence-corrected chi connectivity index (χ0v) is 23.0. The topological polar surface area (TPSA) is 114 Å². The van der Waals surface area contributed by atoms with E-state index < -0.39 is 36.0 Å². The first kappa shape index (κ1) is 28.8. The van der Waals surface area contributed by atoms with Crippen molar-refractivity contribution in [2.45, 2.75) is 45.4 Å². The quantitative estimate of drug-likeness (QED) is 0.297. The van der Waals surface area contributed by atoms with Crippen molar-refractivity contribution in [1.82, 2.24) is 10.6 Å². The van der Waals surface area contributed by atoms with E-state index in [0.29, 0.717) is 0 Å². The van der Waals surface area contributed by atoms with Crippen LogP contribution >= 0.6 is 0 Å².